The van der Waals surface area contributed by atoms with Gasteiger partial charge < -0.3 is 9.15 Å². The van der Waals surface area contributed by atoms with Crippen LogP contribution in [0.15, 0.2) is 75.9 Å². The van der Waals surface area contributed by atoms with E-state index < -0.39 is 0 Å². The Bertz CT molecular complexity index is 1340. The maximum Gasteiger partial charge on any atom is 0.340 e. The fourth-order valence-electron chi connectivity index (χ4n) is 5.03. The highest BCUT2D eigenvalue weighted by molar-refractivity contribution is 5.87. The van der Waals surface area contributed by atoms with Crippen molar-refractivity contribution in [1.29, 1.82) is 0 Å². The lowest BCUT2D eigenvalue weighted by atomic mass is 9.95. The van der Waals surface area contributed by atoms with Gasteiger partial charge >= 0.3 is 5.63 Å². The third-order valence-corrected chi connectivity index (χ3v) is 6.88. The van der Waals surface area contributed by atoms with E-state index in [0.29, 0.717) is 24.7 Å². The lowest BCUT2D eigenvalue weighted by molar-refractivity contribution is -0.933. The molecule has 0 radical (unpaired) electrons. The zero-order valence-corrected chi connectivity index (χ0v) is 19.5. The highest BCUT2D eigenvalue weighted by Crippen LogP contribution is 2.34. The Balaban J connectivity index is 1.48. The molecule has 1 aliphatic rings. The maximum absolute atomic E-state index is 12.9. The smallest absolute Gasteiger partial charge is 0.340 e. The second-order valence-electron chi connectivity index (χ2n) is 9.25. The first kappa shape index (κ1) is 21.5. The molecular formula is C29H30NO3+. The minimum atomic E-state index is -0.258. The Hall–Kier alpha value is -3.37. The number of benzene rings is 3. The van der Waals surface area contributed by atoms with Gasteiger partial charge in [-0.25, -0.2) is 4.79 Å². The third-order valence-electron chi connectivity index (χ3n) is 6.88. The molecule has 1 aliphatic heterocycles. The van der Waals surface area contributed by atoms with Crippen LogP contribution in [0.25, 0.3) is 11.0 Å². The summed E-state index contributed by atoms with van der Waals surface area (Å²) in [5.74, 6) is 1.32. The van der Waals surface area contributed by atoms with Crippen molar-refractivity contribution in [3.63, 3.8) is 0 Å². The number of quaternary nitrogens is 1. The molecule has 168 valence electrons. The molecule has 5 rings (SSSR count). The highest BCUT2D eigenvalue weighted by Gasteiger charge is 2.27. The number of nitrogens with one attached hydrogen (secondary N) is 1. The Morgan fingerprint density at radius 2 is 1.67 bits per heavy atom. The molecule has 33 heavy (non-hydrogen) atoms. The van der Waals surface area contributed by atoms with Gasteiger partial charge in [0, 0.05) is 34.4 Å². The zero-order valence-electron chi connectivity index (χ0n) is 19.5. The van der Waals surface area contributed by atoms with Gasteiger partial charge in [0.25, 0.3) is 0 Å². The van der Waals surface area contributed by atoms with E-state index in [1.807, 2.05) is 44.2 Å². The van der Waals surface area contributed by atoms with Crippen molar-refractivity contribution in [3.05, 3.63) is 111 Å². The Labute approximate surface area is 194 Å². The molecule has 0 saturated carbocycles. The van der Waals surface area contributed by atoms with Crippen molar-refractivity contribution < 1.29 is 14.1 Å². The fourth-order valence-corrected chi connectivity index (χ4v) is 5.03. The topological polar surface area (TPSA) is 43.9 Å². The summed E-state index contributed by atoms with van der Waals surface area (Å²) < 4.78 is 12.1. The molecule has 4 aromatic rings. The number of ether oxygens (including phenoxy) is 1. The number of aryl methyl sites for hydroxylation is 2. The number of hydrogen-bond acceptors (Lipinski definition) is 3. The second kappa shape index (κ2) is 8.87. The molecular weight excluding hydrogens is 410 g/mol. The van der Waals surface area contributed by atoms with Crippen LogP contribution in [0.5, 0.6) is 5.75 Å². The monoisotopic (exact) mass is 440 g/mol. The SMILES string of the molecule is Cc1c(Cc2ccccc2)c(=O)oc2c(C)c3c(cc12)C[NH+](C[C@@H](C)c1ccccc1)CO3. The predicted octanol–water partition coefficient (Wildman–Crippen LogP) is 4.54. The third kappa shape index (κ3) is 4.19. The standard InChI is InChI=1S/C29H29NO3/c1-19(23-12-8-5-9-13-23)16-30-17-24-15-25-20(2)26(14-22-10-6-4-7-11-22)29(31)33-28(25)21(3)27(24)32-18-30/h4-13,15,19H,14,16-18H2,1-3H3/p+1/t19-/m1/s1. The molecule has 0 bridgehead atoms. The summed E-state index contributed by atoms with van der Waals surface area (Å²) in [6.45, 7) is 8.83. The average molecular weight is 441 g/mol. The van der Waals surface area contributed by atoms with Crippen LogP contribution < -0.4 is 15.3 Å². The summed E-state index contributed by atoms with van der Waals surface area (Å²) in [6.07, 6.45) is 0.573. The van der Waals surface area contributed by atoms with Gasteiger partial charge in [0.05, 0.1) is 6.54 Å². The van der Waals surface area contributed by atoms with Crippen molar-refractivity contribution in [2.24, 2.45) is 0 Å². The van der Waals surface area contributed by atoms with E-state index in [0.717, 1.165) is 46.5 Å². The molecule has 2 heterocycles. The molecule has 3 aromatic carbocycles. The Morgan fingerprint density at radius 3 is 2.39 bits per heavy atom. The van der Waals surface area contributed by atoms with Gasteiger partial charge in [0.2, 0.25) is 6.73 Å². The Kier molecular flexibility index (Phi) is 5.77. The van der Waals surface area contributed by atoms with Gasteiger partial charge in [-0.2, -0.15) is 0 Å². The van der Waals surface area contributed by atoms with Gasteiger partial charge in [-0.15, -0.1) is 0 Å². The van der Waals surface area contributed by atoms with E-state index in [1.54, 1.807) is 0 Å². The average Bonchev–Trinajstić information content (AvgIpc) is 2.84. The van der Waals surface area contributed by atoms with Crippen molar-refractivity contribution in [3.8, 4) is 5.75 Å². The number of rotatable bonds is 5. The quantitative estimate of drug-likeness (QED) is 0.464. The summed E-state index contributed by atoms with van der Waals surface area (Å²) in [5, 5.41) is 1.01. The van der Waals surface area contributed by atoms with Crippen LogP contribution in [0, 0.1) is 13.8 Å². The van der Waals surface area contributed by atoms with Crippen molar-refractivity contribution in [2.75, 3.05) is 13.3 Å². The van der Waals surface area contributed by atoms with E-state index in [9.17, 15) is 4.79 Å². The summed E-state index contributed by atoms with van der Waals surface area (Å²) in [6, 6.07) is 22.9. The van der Waals surface area contributed by atoms with E-state index in [1.165, 1.54) is 16.0 Å². The molecule has 1 unspecified atom stereocenters. The van der Waals surface area contributed by atoms with Gasteiger partial charge in [-0.3, -0.25) is 4.90 Å². The van der Waals surface area contributed by atoms with Crippen LogP contribution in [0.1, 0.15) is 46.2 Å². The zero-order chi connectivity index (χ0) is 22.9. The fraction of sp³-hybridized carbons (Fsp3) is 0.276. The molecule has 4 heteroatoms. The summed E-state index contributed by atoms with van der Waals surface area (Å²) in [5.41, 5.74) is 6.69. The normalized spacial score (nSPS) is 16.3. The van der Waals surface area contributed by atoms with Gasteiger partial charge in [0.1, 0.15) is 17.9 Å². The molecule has 0 spiro atoms. The first-order valence-corrected chi connectivity index (χ1v) is 11.6. The van der Waals surface area contributed by atoms with Crippen LogP contribution in [-0.4, -0.2) is 13.3 Å². The molecule has 0 fully saturated rings. The van der Waals surface area contributed by atoms with Crippen molar-refractivity contribution in [1.82, 2.24) is 0 Å². The van der Waals surface area contributed by atoms with Crippen molar-refractivity contribution >= 4 is 11.0 Å². The van der Waals surface area contributed by atoms with E-state index in [-0.39, 0.29) is 5.63 Å². The minimum absolute atomic E-state index is 0.258. The molecule has 2 atom stereocenters. The summed E-state index contributed by atoms with van der Waals surface area (Å²) in [7, 11) is 0. The lowest BCUT2D eigenvalue weighted by Crippen LogP contribution is -3.12. The maximum atomic E-state index is 12.9. The van der Waals surface area contributed by atoms with E-state index in [4.69, 9.17) is 9.15 Å². The van der Waals surface area contributed by atoms with Gasteiger partial charge in [-0.05, 0) is 36.6 Å². The van der Waals surface area contributed by atoms with Gasteiger partial charge in [0.15, 0.2) is 0 Å². The van der Waals surface area contributed by atoms with Crippen LogP contribution in [0.4, 0.5) is 0 Å². The van der Waals surface area contributed by atoms with Crippen LogP contribution in [0.3, 0.4) is 0 Å². The number of fused-ring (bicyclic) bond motifs is 2. The highest BCUT2D eigenvalue weighted by atomic mass is 16.5. The van der Waals surface area contributed by atoms with Crippen LogP contribution >= 0.6 is 0 Å². The van der Waals surface area contributed by atoms with E-state index >= 15 is 0 Å². The van der Waals surface area contributed by atoms with Gasteiger partial charge in [-0.1, -0.05) is 67.6 Å². The van der Waals surface area contributed by atoms with Crippen LogP contribution in [-0.2, 0) is 13.0 Å². The predicted molar refractivity (Wildman–Crippen MR) is 131 cm³/mol. The first-order valence-electron chi connectivity index (χ1n) is 11.6. The minimum Gasteiger partial charge on any atom is -0.444 e. The molecule has 0 aliphatic carbocycles. The molecule has 1 aromatic heterocycles. The summed E-state index contributed by atoms with van der Waals surface area (Å²) in [4.78, 5) is 14.3. The number of hydrogen-bond donors (Lipinski definition) is 1. The Morgan fingerprint density at radius 1 is 0.970 bits per heavy atom. The second-order valence-corrected chi connectivity index (χ2v) is 9.25. The molecule has 0 saturated heterocycles. The lowest BCUT2D eigenvalue weighted by Gasteiger charge is -2.29. The van der Waals surface area contributed by atoms with E-state index in [2.05, 4.69) is 43.3 Å². The van der Waals surface area contributed by atoms with Crippen molar-refractivity contribution in [2.45, 2.75) is 39.7 Å². The molecule has 0 amide bonds. The van der Waals surface area contributed by atoms with Crippen LogP contribution in [0.2, 0.25) is 0 Å². The largest absolute Gasteiger partial charge is 0.444 e. The first-order chi connectivity index (χ1) is 16.0. The molecule has 1 N–H and O–H groups in total. The molecule has 4 nitrogen and oxygen atoms in total. The summed E-state index contributed by atoms with van der Waals surface area (Å²) >= 11 is 0.